The Morgan fingerprint density at radius 1 is 0.620 bits per heavy atom. The zero-order chi connectivity index (χ0) is 67.1. The third-order valence-corrected chi connectivity index (χ3v) is 18.8. The van der Waals surface area contributed by atoms with Crippen molar-refractivity contribution in [2.24, 2.45) is 11.5 Å². The molecule has 16 N–H and O–H groups in total. The second-order valence-corrected chi connectivity index (χ2v) is 26.7. The molecule has 9 atom stereocenters. The van der Waals surface area contributed by atoms with E-state index in [1.165, 1.54) is 116 Å². The lowest BCUT2D eigenvalue weighted by molar-refractivity contribution is -0.136. The van der Waals surface area contributed by atoms with Crippen molar-refractivity contribution in [3.8, 4) is 11.5 Å². The fourth-order valence-corrected chi connectivity index (χ4v) is 13.0. The number of unbranched alkanes of at least 4 members (excludes halogenated alkanes) is 1. The van der Waals surface area contributed by atoms with Crippen LogP contribution >= 0.6 is 33.2 Å². The van der Waals surface area contributed by atoms with E-state index in [0.29, 0.717) is 46.7 Å². The normalized spacial score (nSPS) is 19.8. The number of hydrogen-bond donors (Lipinski definition) is 14. The molecule has 0 saturated carbocycles. The SMILES string of the molecule is CNCCCC[C@@H]1NC(=O)[C@@H](Cc2ccc(C(N)=O)cc2)NC(=O)[C@H](Cc2ccc(O)cc2)NC(=O)[C@H](NC(=O)[C@H](Cc2ccc(Cl)cc2)NC(=O)CS(=O)(=O)c2ccccc2)CSSC[C@@H](C(=O)N[C@H](Cc2ccc(O)cc2)C(N)=O)NC(=O)C(C(C)O)NC1=O. The summed E-state index contributed by atoms with van der Waals surface area (Å²) in [5.41, 5.74) is 13.0. The molecule has 0 spiro atoms. The maximum Gasteiger partial charge on any atom is 0.248 e. The Morgan fingerprint density at radius 2 is 1.13 bits per heavy atom. The van der Waals surface area contributed by atoms with Gasteiger partial charge in [-0.2, -0.15) is 0 Å². The van der Waals surface area contributed by atoms with E-state index < -0.39 is 141 Å². The first-order valence-corrected chi connectivity index (χ1v) is 33.6. The molecule has 92 heavy (non-hydrogen) atoms. The average Bonchev–Trinajstić information content (AvgIpc) is 3.73. The highest BCUT2D eigenvalue weighted by atomic mass is 35.5. The summed E-state index contributed by atoms with van der Waals surface area (Å²) in [5, 5.41) is 55.3. The van der Waals surface area contributed by atoms with E-state index in [9.17, 15) is 62.1 Å². The van der Waals surface area contributed by atoms with Crippen molar-refractivity contribution >= 4 is 102 Å². The fourth-order valence-electron chi connectivity index (χ4n) is 9.40. The molecule has 10 amide bonds. The second kappa shape index (κ2) is 35.2. The number of phenolic OH excluding ortho intramolecular Hbond substituents is 2. The number of halogens is 1. The molecule has 2 unspecified atom stereocenters. The van der Waals surface area contributed by atoms with Gasteiger partial charge in [0.1, 0.15) is 65.6 Å². The zero-order valence-electron chi connectivity index (χ0n) is 50.1. The summed E-state index contributed by atoms with van der Waals surface area (Å²) in [6.45, 7) is 1.68. The van der Waals surface area contributed by atoms with Gasteiger partial charge >= 0.3 is 0 Å². The van der Waals surface area contributed by atoms with Gasteiger partial charge in [0, 0.05) is 47.8 Å². The Balaban J connectivity index is 1.44. The van der Waals surface area contributed by atoms with E-state index in [4.69, 9.17) is 23.1 Å². The number of rotatable bonds is 24. The zero-order valence-corrected chi connectivity index (χ0v) is 53.3. The van der Waals surface area contributed by atoms with Crippen molar-refractivity contribution in [3.63, 3.8) is 0 Å². The molecule has 0 radical (unpaired) electrons. The van der Waals surface area contributed by atoms with Gasteiger partial charge in [0.05, 0.1) is 11.0 Å². The van der Waals surface area contributed by atoms with Crippen molar-refractivity contribution in [3.05, 3.63) is 160 Å². The number of nitrogens with two attached hydrogens (primary N) is 2. The third-order valence-electron chi connectivity index (χ3n) is 14.5. The van der Waals surface area contributed by atoms with Crippen molar-refractivity contribution in [1.82, 2.24) is 47.9 Å². The van der Waals surface area contributed by atoms with Gasteiger partial charge in [-0.15, -0.1) is 0 Å². The average molecular weight is 1340 g/mol. The molecule has 5 aromatic carbocycles. The van der Waals surface area contributed by atoms with Gasteiger partial charge in [-0.1, -0.05) is 99.9 Å². The first kappa shape index (κ1) is 72.3. The van der Waals surface area contributed by atoms with Gasteiger partial charge in [0.25, 0.3) is 0 Å². The number of hydrogen-bond acceptors (Lipinski definition) is 18. The molecule has 26 nitrogen and oxygen atoms in total. The summed E-state index contributed by atoms with van der Waals surface area (Å²) >= 11 is 6.18. The smallest absolute Gasteiger partial charge is 0.248 e. The number of nitrogens with one attached hydrogen (secondary N) is 9. The molecule has 1 aliphatic heterocycles. The van der Waals surface area contributed by atoms with Gasteiger partial charge in [0.2, 0.25) is 59.1 Å². The maximum atomic E-state index is 15.1. The predicted octanol–water partition coefficient (Wildman–Crippen LogP) is 0.124. The largest absolute Gasteiger partial charge is 0.508 e. The summed E-state index contributed by atoms with van der Waals surface area (Å²) in [6, 6.07) is 17.4. The Morgan fingerprint density at radius 3 is 1.68 bits per heavy atom. The summed E-state index contributed by atoms with van der Waals surface area (Å²) < 4.78 is 26.8. The van der Waals surface area contributed by atoms with E-state index in [-0.39, 0.29) is 54.1 Å². The summed E-state index contributed by atoms with van der Waals surface area (Å²) in [4.78, 5) is 142. The van der Waals surface area contributed by atoms with Crippen LogP contribution in [0.3, 0.4) is 0 Å². The van der Waals surface area contributed by atoms with Gasteiger partial charge < -0.3 is 74.6 Å². The number of primary amides is 2. The number of carbonyl (C=O) groups excluding carboxylic acids is 10. The number of aromatic hydroxyl groups is 2. The minimum absolute atomic E-state index is 0.0561. The molecule has 30 heteroatoms. The number of benzene rings is 5. The second-order valence-electron chi connectivity index (χ2n) is 21.7. The van der Waals surface area contributed by atoms with Crippen LogP contribution in [-0.4, -0.2) is 168 Å². The molecule has 1 aliphatic rings. The van der Waals surface area contributed by atoms with Crippen LogP contribution in [0.15, 0.2) is 132 Å². The quantitative estimate of drug-likeness (QED) is 0.0288. The molecule has 1 saturated heterocycles. The van der Waals surface area contributed by atoms with Crippen LogP contribution in [0.4, 0.5) is 0 Å². The lowest BCUT2D eigenvalue weighted by atomic mass is 10.00. The van der Waals surface area contributed by atoms with E-state index >= 15 is 9.59 Å². The Labute approximate surface area is 544 Å². The van der Waals surface area contributed by atoms with Gasteiger partial charge in [-0.3, -0.25) is 47.9 Å². The van der Waals surface area contributed by atoms with Crippen molar-refractivity contribution in [2.45, 2.75) is 111 Å². The molecule has 6 rings (SSSR count). The molecule has 0 aliphatic carbocycles. The predicted molar refractivity (Wildman–Crippen MR) is 345 cm³/mol. The van der Waals surface area contributed by atoms with Crippen LogP contribution in [0.2, 0.25) is 5.02 Å². The van der Waals surface area contributed by atoms with Crippen LogP contribution in [0.5, 0.6) is 11.5 Å². The number of phenols is 2. The minimum Gasteiger partial charge on any atom is -0.508 e. The standard InChI is InChI=1S/C62H74ClN11O15S3/c1-35(75)53-62(87)73-51(60(85)69-46(55(65)80)28-38-15-23-42(76)24-16-38)33-91-90-32-50(72-57(82)47(29-37-13-21-41(63)22-14-37)67-52(78)34-92(88,89)44-8-4-3-5-9-44)61(86)71-49(31-39-17-25-43(77)26-18-39)59(84)70-48(30-36-11-19-40(20-12-36)54(64)79)58(83)68-45(56(81)74-53)10-6-7-27-66-2/h3-5,8-9,11-26,35,45-51,53,66,75-77H,6-7,10,27-34H2,1-2H3,(H2,64,79)(H2,65,80)(H,67,78)(H,68,83)(H,69,85)(H,70,84)(H,71,86)(H,72,82)(H,73,87)(H,74,81)/t35?,45-,46+,47-,48+,49-,50+,51-,53?/m0/s1. The molecule has 1 heterocycles. The van der Waals surface area contributed by atoms with Gasteiger partial charge in [-0.05, 0) is 123 Å². The fraction of sp³-hybridized carbons (Fsp3) is 0.355. The number of aliphatic hydroxyl groups is 1. The van der Waals surface area contributed by atoms with E-state index in [2.05, 4.69) is 47.9 Å². The maximum absolute atomic E-state index is 15.1. The Kier molecular flexibility index (Phi) is 27.7. The van der Waals surface area contributed by atoms with E-state index in [1.54, 1.807) is 25.2 Å². The highest BCUT2D eigenvalue weighted by Gasteiger charge is 2.37. The van der Waals surface area contributed by atoms with E-state index in [1.807, 2.05) is 0 Å². The summed E-state index contributed by atoms with van der Waals surface area (Å²) in [5.74, 6) is -12.0. The van der Waals surface area contributed by atoms with Crippen molar-refractivity contribution < 1.29 is 71.7 Å². The van der Waals surface area contributed by atoms with Crippen LogP contribution in [0, 0.1) is 0 Å². The highest BCUT2D eigenvalue weighted by molar-refractivity contribution is 8.76. The molecule has 0 bridgehead atoms. The molecular formula is C62H74ClN11O15S3. The van der Waals surface area contributed by atoms with Gasteiger partial charge in [-0.25, -0.2) is 8.42 Å². The van der Waals surface area contributed by atoms with E-state index in [0.717, 1.165) is 21.6 Å². The molecule has 492 valence electrons. The Bertz CT molecular complexity index is 3500. The number of carbonyl (C=O) groups is 10. The third kappa shape index (κ3) is 22.9. The minimum atomic E-state index is -4.26. The van der Waals surface area contributed by atoms with Crippen molar-refractivity contribution in [1.29, 1.82) is 0 Å². The highest BCUT2D eigenvalue weighted by Crippen LogP contribution is 2.25. The monoisotopic (exact) mass is 1340 g/mol. The Hall–Kier alpha value is -8.74. The summed E-state index contributed by atoms with van der Waals surface area (Å²) in [7, 11) is -0.836. The number of amides is 10. The molecule has 0 aromatic heterocycles. The summed E-state index contributed by atoms with van der Waals surface area (Å²) in [6.07, 6.45) is -2.01. The first-order valence-electron chi connectivity index (χ1n) is 29.0. The lowest BCUT2D eigenvalue weighted by Gasteiger charge is -2.29. The number of aliphatic hydroxyl groups excluding tert-OH is 1. The topological polar surface area (TPSA) is 426 Å². The number of sulfone groups is 1. The van der Waals surface area contributed by atoms with Crippen LogP contribution in [0.25, 0.3) is 0 Å². The van der Waals surface area contributed by atoms with Gasteiger partial charge in [0.15, 0.2) is 9.84 Å². The lowest BCUT2D eigenvalue weighted by Crippen LogP contribution is -2.62. The first-order chi connectivity index (χ1) is 43.8. The molecule has 5 aromatic rings. The van der Waals surface area contributed by atoms with Crippen LogP contribution < -0.4 is 59.3 Å². The van der Waals surface area contributed by atoms with Crippen LogP contribution in [-0.2, 0) is 78.7 Å². The van der Waals surface area contributed by atoms with Crippen LogP contribution in [0.1, 0.15) is 58.8 Å². The molecular weight excluding hydrogens is 1270 g/mol. The molecule has 1 fully saturated rings. The van der Waals surface area contributed by atoms with Crippen molar-refractivity contribution in [2.75, 3.05) is 30.9 Å².